The average Bonchev–Trinajstić information content (AvgIpc) is 2.96. The van der Waals surface area contributed by atoms with Crippen LogP contribution in [0, 0.1) is 6.92 Å². The van der Waals surface area contributed by atoms with Crippen molar-refractivity contribution in [2.45, 2.75) is 33.0 Å². The Bertz CT molecular complexity index is 1180. The molecule has 0 fully saturated rings. The first-order valence-corrected chi connectivity index (χ1v) is 8.64. The molecule has 0 saturated carbocycles. The zero-order chi connectivity index (χ0) is 21.5. The topological polar surface area (TPSA) is 99.0 Å². The molecule has 0 amide bonds. The monoisotopic (exact) mass is 410 g/mol. The number of carbonyl (C=O) groups is 1. The fourth-order valence-electron chi connectivity index (χ4n) is 2.97. The first-order valence-electron chi connectivity index (χ1n) is 8.64. The van der Waals surface area contributed by atoms with Gasteiger partial charge in [-0.15, -0.1) is 0 Å². The highest BCUT2D eigenvalue weighted by Gasteiger charge is 2.33. The number of hydrogen-bond acceptors (Lipinski definition) is 5. The van der Waals surface area contributed by atoms with E-state index in [0.717, 1.165) is 0 Å². The molecule has 0 aliphatic carbocycles. The number of ether oxygens (including phenoxy) is 1. The highest BCUT2D eigenvalue weighted by atomic mass is 19.4. The number of aromatic amines is 1. The number of fused-ring (bicyclic) bond motifs is 1. The maximum atomic E-state index is 12.8. The zero-order valence-corrected chi connectivity index (χ0v) is 15.7. The molecule has 1 aromatic carbocycles. The summed E-state index contributed by atoms with van der Waals surface area (Å²) in [7, 11) is 0. The van der Waals surface area contributed by atoms with Crippen LogP contribution in [0.15, 0.2) is 33.9 Å². The number of esters is 1. The number of halogens is 3. The molecule has 2 heterocycles. The number of H-pyrrole nitrogens is 1. The molecule has 0 saturated heterocycles. The lowest BCUT2D eigenvalue weighted by Crippen LogP contribution is -2.35. The van der Waals surface area contributed by atoms with Gasteiger partial charge in [0.25, 0.3) is 5.56 Å². The molecule has 2 aromatic heterocycles. The van der Waals surface area contributed by atoms with Crippen molar-refractivity contribution < 1.29 is 22.7 Å². The van der Waals surface area contributed by atoms with Gasteiger partial charge in [0, 0.05) is 11.5 Å². The van der Waals surface area contributed by atoms with Crippen LogP contribution in [0.25, 0.3) is 16.6 Å². The second-order valence-corrected chi connectivity index (χ2v) is 6.32. The molecule has 29 heavy (non-hydrogen) atoms. The van der Waals surface area contributed by atoms with Gasteiger partial charge in [0.05, 0.1) is 23.5 Å². The Morgan fingerprint density at radius 1 is 1.28 bits per heavy atom. The Morgan fingerprint density at radius 3 is 2.55 bits per heavy atom. The Kier molecular flexibility index (Phi) is 5.07. The number of aryl methyl sites for hydroxylation is 1. The fourth-order valence-corrected chi connectivity index (χ4v) is 2.97. The smallest absolute Gasteiger partial charge is 0.431 e. The third-order valence-corrected chi connectivity index (χ3v) is 4.37. The third kappa shape index (κ3) is 3.67. The Morgan fingerprint density at radius 2 is 1.97 bits per heavy atom. The highest BCUT2D eigenvalue weighted by molar-refractivity contribution is 5.86. The van der Waals surface area contributed by atoms with Gasteiger partial charge in [-0.3, -0.25) is 9.48 Å². The van der Waals surface area contributed by atoms with Gasteiger partial charge >= 0.3 is 17.8 Å². The predicted molar refractivity (Wildman–Crippen MR) is 97.0 cm³/mol. The molecular formula is C18H17F3N4O4. The van der Waals surface area contributed by atoms with E-state index in [1.165, 1.54) is 16.8 Å². The first-order chi connectivity index (χ1) is 13.5. The molecule has 154 valence electrons. The lowest BCUT2D eigenvalue weighted by Gasteiger charge is -2.13. The minimum absolute atomic E-state index is 0.0367. The summed E-state index contributed by atoms with van der Waals surface area (Å²) in [6.45, 7) is 5.14. The van der Waals surface area contributed by atoms with Gasteiger partial charge in [0.2, 0.25) is 0 Å². The standard InChI is InChI=1S/C18H17F3N4O4/c1-4-29-16(27)10(3)25-13-7-11(5-6-12(13)9(2)23-25)24-15(26)8-14(18(19,20)21)22-17(24)28/h5-8,10H,4H2,1-3H3,(H,22,28). The second kappa shape index (κ2) is 7.22. The van der Waals surface area contributed by atoms with Crippen LogP contribution in [0.4, 0.5) is 13.2 Å². The van der Waals surface area contributed by atoms with E-state index in [0.29, 0.717) is 27.2 Å². The molecule has 1 N–H and O–H groups in total. The molecule has 0 aliphatic heterocycles. The van der Waals surface area contributed by atoms with E-state index >= 15 is 0 Å². The van der Waals surface area contributed by atoms with Crippen molar-refractivity contribution in [2.24, 2.45) is 0 Å². The van der Waals surface area contributed by atoms with E-state index in [2.05, 4.69) is 5.10 Å². The second-order valence-electron chi connectivity index (χ2n) is 6.32. The molecule has 11 heteroatoms. The van der Waals surface area contributed by atoms with Crippen molar-refractivity contribution in [1.82, 2.24) is 19.3 Å². The van der Waals surface area contributed by atoms with Crippen LogP contribution in [-0.4, -0.2) is 31.9 Å². The van der Waals surface area contributed by atoms with Gasteiger partial charge in [-0.05, 0) is 39.0 Å². The molecule has 8 nitrogen and oxygen atoms in total. The van der Waals surface area contributed by atoms with E-state index in [1.54, 1.807) is 31.8 Å². The van der Waals surface area contributed by atoms with E-state index in [1.807, 2.05) is 0 Å². The van der Waals surface area contributed by atoms with E-state index < -0.39 is 35.1 Å². The molecule has 0 spiro atoms. The van der Waals surface area contributed by atoms with Crippen LogP contribution in [0.1, 0.15) is 31.3 Å². The van der Waals surface area contributed by atoms with Crippen molar-refractivity contribution >= 4 is 16.9 Å². The molecule has 1 unspecified atom stereocenters. The lowest BCUT2D eigenvalue weighted by atomic mass is 10.2. The van der Waals surface area contributed by atoms with Crippen molar-refractivity contribution in [2.75, 3.05) is 6.61 Å². The fraction of sp³-hybridized carbons (Fsp3) is 0.333. The number of nitrogens with one attached hydrogen (secondary N) is 1. The molecule has 3 aromatic rings. The number of aromatic nitrogens is 4. The van der Waals surface area contributed by atoms with Gasteiger partial charge < -0.3 is 9.72 Å². The Balaban J connectivity index is 2.18. The molecule has 0 aliphatic rings. The summed E-state index contributed by atoms with van der Waals surface area (Å²) in [5, 5.41) is 4.97. The van der Waals surface area contributed by atoms with Crippen LogP contribution in [0.5, 0.6) is 0 Å². The molecular weight excluding hydrogens is 393 g/mol. The van der Waals surface area contributed by atoms with Crippen LogP contribution < -0.4 is 11.2 Å². The SMILES string of the molecule is CCOC(=O)C(C)n1nc(C)c2ccc(-n3c(=O)cc(C(F)(F)F)[nH]c3=O)cc21. The normalized spacial score (nSPS) is 12.9. The number of benzene rings is 1. The summed E-state index contributed by atoms with van der Waals surface area (Å²) in [5.74, 6) is -0.521. The predicted octanol–water partition coefficient (Wildman–Crippen LogP) is 2.33. The molecule has 1 atom stereocenters. The maximum absolute atomic E-state index is 12.8. The first kappa shape index (κ1) is 20.4. The largest absolute Gasteiger partial charge is 0.464 e. The molecule has 3 rings (SSSR count). The minimum atomic E-state index is -4.85. The van der Waals surface area contributed by atoms with Gasteiger partial charge in [-0.1, -0.05) is 0 Å². The summed E-state index contributed by atoms with van der Waals surface area (Å²) in [6.07, 6.45) is -4.85. The summed E-state index contributed by atoms with van der Waals surface area (Å²) >= 11 is 0. The van der Waals surface area contributed by atoms with Gasteiger partial charge in [0.1, 0.15) is 11.7 Å². The number of alkyl halides is 3. The highest BCUT2D eigenvalue weighted by Crippen LogP contribution is 2.26. The molecule has 0 bridgehead atoms. The summed E-state index contributed by atoms with van der Waals surface area (Å²) in [4.78, 5) is 38.1. The summed E-state index contributed by atoms with van der Waals surface area (Å²) < 4.78 is 45.4. The van der Waals surface area contributed by atoms with Gasteiger partial charge in [-0.25, -0.2) is 14.2 Å². The summed E-state index contributed by atoms with van der Waals surface area (Å²) in [5.41, 5.74) is -2.74. The number of nitrogens with zero attached hydrogens (tertiary/aromatic N) is 3. The Hall–Kier alpha value is -3.37. The van der Waals surface area contributed by atoms with E-state index in [9.17, 15) is 27.6 Å². The van der Waals surface area contributed by atoms with E-state index in [4.69, 9.17) is 4.74 Å². The van der Waals surface area contributed by atoms with E-state index in [-0.39, 0.29) is 12.3 Å². The summed E-state index contributed by atoms with van der Waals surface area (Å²) in [6, 6.07) is 3.93. The molecule has 0 radical (unpaired) electrons. The van der Waals surface area contributed by atoms with Crippen LogP contribution in [0.2, 0.25) is 0 Å². The third-order valence-electron chi connectivity index (χ3n) is 4.37. The van der Waals surface area contributed by atoms with Gasteiger partial charge in [-0.2, -0.15) is 18.3 Å². The lowest BCUT2D eigenvalue weighted by molar-refractivity contribution is -0.146. The van der Waals surface area contributed by atoms with Gasteiger partial charge in [0.15, 0.2) is 0 Å². The van der Waals surface area contributed by atoms with Crippen LogP contribution in [0.3, 0.4) is 0 Å². The quantitative estimate of drug-likeness (QED) is 0.666. The minimum Gasteiger partial charge on any atom is -0.464 e. The zero-order valence-electron chi connectivity index (χ0n) is 15.7. The number of rotatable bonds is 4. The van der Waals surface area contributed by atoms with Crippen LogP contribution >= 0.6 is 0 Å². The van der Waals surface area contributed by atoms with Crippen molar-refractivity contribution in [1.29, 1.82) is 0 Å². The number of carbonyl (C=O) groups excluding carboxylic acids is 1. The maximum Gasteiger partial charge on any atom is 0.431 e. The van der Waals surface area contributed by atoms with Crippen molar-refractivity contribution in [3.8, 4) is 5.69 Å². The van der Waals surface area contributed by atoms with Crippen LogP contribution in [-0.2, 0) is 15.7 Å². The average molecular weight is 410 g/mol. The van der Waals surface area contributed by atoms with Crippen molar-refractivity contribution in [3.05, 3.63) is 56.5 Å². The number of hydrogen-bond donors (Lipinski definition) is 1. The van der Waals surface area contributed by atoms with Crippen molar-refractivity contribution in [3.63, 3.8) is 0 Å². The Labute approximate surface area is 161 Å².